The van der Waals surface area contributed by atoms with Crippen LogP contribution in [0.2, 0.25) is 5.02 Å². The zero-order valence-corrected chi connectivity index (χ0v) is 17.2. The molecule has 0 aliphatic carbocycles. The van der Waals surface area contributed by atoms with Gasteiger partial charge in [-0.05, 0) is 42.5 Å². The highest BCUT2D eigenvalue weighted by Crippen LogP contribution is 2.13. The summed E-state index contributed by atoms with van der Waals surface area (Å²) in [4.78, 5) is 40.4. The van der Waals surface area contributed by atoms with Crippen molar-refractivity contribution in [3.05, 3.63) is 64.9 Å². The zero-order chi connectivity index (χ0) is 21.5. The van der Waals surface area contributed by atoms with E-state index in [1.807, 2.05) is 4.90 Å². The lowest BCUT2D eigenvalue weighted by molar-refractivity contribution is -0.133. The average molecular weight is 432 g/mol. The number of nitrogens with zero attached hydrogens (tertiary/aromatic N) is 2. The van der Waals surface area contributed by atoms with Crippen LogP contribution in [-0.4, -0.2) is 60.1 Å². The van der Waals surface area contributed by atoms with Crippen LogP contribution in [0.3, 0.4) is 0 Å². The monoisotopic (exact) mass is 431 g/mol. The molecule has 158 valence electrons. The number of rotatable bonds is 7. The van der Waals surface area contributed by atoms with E-state index >= 15 is 0 Å². The molecule has 2 aromatic carbocycles. The number of anilines is 1. The van der Waals surface area contributed by atoms with Crippen LogP contribution in [0.15, 0.2) is 48.5 Å². The van der Waals surface area contributed by atoms with E-state index in [0.29, 0.717) is 42.5 Å². The van der Waals surface area contributed by atoms with Crippen LogP contribution in [0.1, 0.15) is 23.2 Å². The Balaban J connectivity index is 1.39. The molecule has 1 saturated heterocycles. The van der Waals surface area contributed by atoms with Crippen molar-refractivity contribution in [1.29, 1.82) is 0 Å². The van der Waals surface area contributed by atoms with Crippen LogP contribution < -0.4 is 5.32 Å². The van der Waals surface area contributed by atoms with Crippen LogP contribution in [0.25, 0.3) is 0 Å². The Morgan fingerprint density at radius 3 is 2.33 bits per heavy atom. The fourth-order valence-corrected chi connectivity index (χ4v) is 3.41. The molecular weight excluding hydrogens is 409 g/mol. The number of ketones is 1. The minimum Gasteiger partial charge on any atom is -0.340 e. The second-order valence-corrected chi connectivity index (χ2v) is 7.58. The molecule has 8 heteroatoms. The van der Waals surface area contributed by atoms with Gasteiger partial charge in [-0.25, -0.2) is 4.39 Å². The quantitative estimate of drug-likeness (QED) is 0.683. The predicted octanol–water partition coefficient (Wildman–Crippen LogP) is 3.22. The molecule has 30 heavy (non-hydrogen) atoms. The Bertz CT molecular complexity index is 912. The van der Waals surface area contributed by atoms with Crippen molar-refractivity contribution in [3.63, 3.8) is 0 Å². The third kappa shape index (κ3) is 6.37. The maximum Gasteiger partial charge on any atom is 0.238 e. The fourth-order valence-electron chi connectivity index (χ4n) is 3.28. The van der Waals surface area contributed by atoms with Crippen molar-refractivity contribution in [2.75, 3.05) is 38.0 Å². The maximum absolute atomic E-state index is 13.2. The van der Waals surface area contributed by atoms with Crippen LogP contribution >= 0.6 is 11.6 Å². The number of Topliss-reactive ketones (excluding diaryl/α,β-unsaturated/α-hetero) is 1. The Hall–Kier alpha value is -2.77. The predicted molar refractivity (Wildman–Crippen MR) is 113 cm³/mol. The minimum absolute atomic E-state index is 0.0684. The SMILES string of the molecule is O=C(CN1CCN(C(=O)CCC(=O)c2ccc(Cl)cc2)CC1)Nc1cccc(F)c1. The third-order valence-electron chi connectivity index (χ3n) is 4.93. The second-order valence-electron chi connectivity index (χ2n) is 7.15. The molecule has 2 amide bonds. The fraction of sp³-hybridized carbons (Fsp3) is 0.318. The summed E-state index contributed by atoms with van der Waals surface area (Å²) in [6.45, 7) is 2.30. The molecule has 0 saturated carbocycles. The Kier molecular flexibility index (Phi) is 7.54. The van der Waals surface area contributed by atoms with Gasteiger partial charge in [0.05, 0.1) is 6.54 Å². The molecule has 3 rings (SSSR count). The molecule has 0 atom stereocenters. The molecule has 1 aliphatic heterocycles. The molecular formula is C22H23ClFN3O3. The van der Waals surface area contributed by atoms with Gasteiger partial charge in [-0.1, -0.05) is 17.7 Å². The topological polar surface area (TPSA) is 69.7 Å². The number of piperazine rings is 1. The van der Waals surface area contributed by atoms with Crippen molar-refractivity contribution in [2.45, 2.75) is 12.8 Å². The number of carbonyl (C=O) groups excluding carboxylic acids is 3. The smallest absolute Gasteiger partial charge is 0.238 e. The first kappa shape index (κ1) is 21.9. The normalized spacial score (nSPS) is 14.4. The maximum atomic E-state index is 13.2. The summed E-state index contributed by atoms with van der Waals surface area (Å²) in [7, 11) is 0. The summed E-state index contributed by atoms with van der Waals surface area (Å²) in [6.07, 6.45) is 0.304. The summed E-state index contributed by atoms with van der Waals surface area (Å²) in [6, 6.07) is 12.4. The Morgan fingerprint density at radius 2 is 1.67 bits per heavy atom. The van der Waals surface area contributed by atoms with E-state index in [0.717, 1.165) is 0 Å². The average Bonchev–Trinajstić information content (AvgIpc) is 2.72. The van der Waals surface area contributed by atoms with Crippen molar-refractivity contribution < 1.29 is 18.8 Å². The highest BCUT2D eigenvalue weighted by atomic mass is 35.5. The summed E-state index contributed by atoms with van der Waals surface area (Å²) in [5.41, 5.74) is 0.959. The van der Waals surface area contributed by atoms with E-state index in [-0.39, 0.29) is 37.0 Å². The van der Waals surface area contributed by atoms with Gasteiger partial charge in [0.1, 0.15) is 5.82 Å². The molecule has 0 spiro atoms. The number of hydrogen-bond acceptors (Lipinski definition) is 4. The van der Waals surface area contributed by atoms with E-state index in [4.69, 9.17) is 11.6 Å². The van der Waals surface area contributed by atoms with E-state index in [9.17, 15) is 18.8 Å². The molecule has 1 aliphatic rings. The van der Waals surface area contributed by atoms with Gasteiger partial charge in [0, 0.05) is 55.3 Å². The number of halogens is 2. The largest absolute Gasteiger partial charge is 0.340 e. The van der Waals surface area contributed by atoms with Gasteiger partial charge in [0.15, 0.2) is 5.78 Å². The molecule has 0 radical (unpaired) electrons. The summed E-state index contributed by atoms with van der Waals surface area (Å²) in [5, 5.41) is 3.23. The molecule has 0 bridgehead atoms. The number of carbonyl (C=O) groups is 3. The summed E-state index contributed by atoms with van der Waals surface area (Å²) in [5.74, 6) is -0.794. The summed E-state index contributed by atoms with van der Waals surface area (Å²) < 4.78 is 13.2. The van der Waals surface area contributed by atoms with Gasteiger partial charge in [-0.15, -0.1) is 0 Å². The first-order chi connectivity index (χ1) is 14.4. The van der Waals surface area contributed by atoms with Gasteiger partial charge in [0.25, 0.3) is 0 Å². The van der Waals surface area contributed by atoms with E-state index in [1.54, 1.807) is 35.2 Å². The Morgan fingerprint density at radius 1 is 0.967 bits per heavy atom. The highest BCUT2D eigenvalue weighted by Gasteiger charge is 2.23. The Labute approximate surface area is 179 Å². The first-order valence-electron chi connectivity index (χ1n) is 9.75. The molecule has 1 N–H and O–H groups in total. The molecule has 1 heterocycles. The lowest BCUT2D eigenvalue weighted by Gasteiger charge is -2.34. The first-order valence-corrected chi connectivity index (χ1v) is 10.1. The molecule has 6 nitrogen and oxygen atoms in total. The van der Waals surface area contributed by atoms with Crippen molar-refractivity contribution in [1.82, 2.24) is 9.80 Å². The van der Waals surface area contributed by atoms with E-state index in [2.05, 4.69) is 5.32 Å². The van der Waals surface area contributed by atoms with Gasteiger partial charge >= 0.3 is 0 Å². The molecule has 2 aromatic rings. The van der Waals surface area contributed by atoms with Gasteiger partial charge in [-0.2, -0.15) is 0 Å². The van der Waals surface area contributed by atoms with Crippen LogP contribution in [-0.2, 0) is 9.59 Å². The molecule has 0 unspecified atom stereocenters. The van der Waals surface area contributed by atoms with E-state index in [1.165, 1.54) is 18.2 Å². The minimum atomic E-state index is -0.408. The van der Waals surface area contributed by atoms with Crippen molar-refractivity contribution in [2.24, 2.45) is 0 Å². The van der Waals surface area contributed by atoms with Gasteiger partial charge in [-0.3, -0.25) is 19.3 Å². The van der Waals surface area contributed by atoms with Gasteiger partial charge < -0.3 is 10.2 Å². The highest BCUT2D eigenvalue weighted by molar-refractivity contribution is 6.30. The number of benzene rings is 2. The molecule has 0 aromatic heterocycles. The number of nitrogens with one attached hydrogen (secondary N) is 1. The number of amides is 2. The van der Waals surface area contributed by atoms with Crippen LogP contribution in [0.5, 0.6) is 0 Å². The van der Waals surface area contributed by atoms with E-state index < -0.39 is 5.82 Å². The lowest BCUT2D eigenvalue weighted by atomic mass is 10.1. The lowest BCUT2D eigenvalue weighted by Crippen LogP contribution is -2.50. The second kappa shape index (κ2) is 10.3. The third-order valence-corrected chi connectivity index (χ3v) is 5.18. The standard InChI is InChI=1S/C22H23ClFN3O3/c23-17-6-4-16(5-7-17)20(28)8-9-22(30)27-12-10-26(11-13-27)15-21(29)25-19-3-1-2-18(24)14-19/h1-7,14H,8-13,15H2,(H,25,29). The van der Waals surface area contributed by atoms with Crippen molar-refractivity contribution in [3.8, 4) is 0 Å². The molecule has 1 fully saturated rings. The summed E-state index contributed by atoms with van der Waals surface area (Å²) >= 11 is 5.82. The van der Waals surface area contributed by atoms with Crippen molar-refractivity contribution >= 4 is 34.9 Å². The number of hydrogen-bond donors (Lipinski definition) is 1. The van der Waals surface area contributed by atoms with Crippen LogP contribution in [0.4, 0.5) is 10.1 Å². The van der Waals surface area contributed by atoms with Crippen LogP contribution in [0, 0.1) is 5.82 Å². The van der Waals surface area contributed by atoms with Gasteiger partial charge in [0.2, 0.25) is 11.8 Å². The zero-order valence-electron chi connectivity index (χ0n) is 16.4.